The number of rotatable bonds is 8. The Kier molecular flexibility index (Phi) is 9.45. The molecule has 10 nitrogen and oxygen atoms in total. The molecule has 5 aliphatic rings. The second kappa shape index (κ2) is 14.6. The number of hydrogen-bond acceptors (Lipinski definition) is 10. The number of methoxy groups -OCH3 is 1. The fourth-order valence-electron chi connectivity index (χ4n) is 10.3. The zero-order chi connectivity index (χ0) is 38.6. The van der Waals surface area contributed by atoms with Gasteiger partial charge in [0.2, 0.25) is 0 Å². The topological polar surface area (TPSA) is 145 Å². The number of hydrogen-bond donors (Lipinski definition) is 4. The summed E-state index contributed by atoms with van der Waals surface area (Å²) >= 11 is 0. The van der Waals surface area contributed by atoms with E-state index in [0.717, 1.165) is 75.9 Å². The normalized spacial score (nSPS) is 23.0. The van der Waals surface area contributed by atoms with E-state index in [2.05, 4.69) is 35.4 Å². The molecule has 3 aliphatic carbocycles. The van der Waals surface area contributed by atoms with Crippen LogP contribution in [0.3, 0.4) is 0 Å². The van der Waals surface area contributed by atoms with Crippen molar-refractivity contribution in [3.05, 3.63) is 87.6 Å². The highest BCUT2D eigenvalue weighted by atomic mass is 16.5. The summed E-state index contributed by atoms with van der Waals surface area (Å²) in [6.45, 7) is 2.60. The van der Waals surface area contributed by atoms with E-state index in [0.29, 0.717) is 61.0 Å². The van der Waals surface area contributed by atoms with Crippen molar-refractivity contribution in [2.45, 2.75) is 94.6 Å². The van der Waals surface area contributed by atoms with E-state index in [9.17, 15) is 15.0 Å². The number of nitrogens with zero attached hydrogens (tertiary/aromatic N) is 1. The molecule has 0 amide bonds. The molecular weight excluding hydrogens is 707 g/mol. The van der Waals surface area contributed by atoms with Crippen LogP contribution in [0.25, 0.3) is 11.1 Å². The van der Waals surface area contributed by atoms with Crippen molar-refractivity contribution in [2.75, 3.05) is 32.6 Å². The first-order valence-electron chi connectivity index (χ1n) is 20.0. The first-order chi connectivity index (χ1) is 27.2. The summed E-state index contributed by atoms with van der Waals surface area (Å²) in [7, 11) is 1.64. The second-order valence-corrected chi connectivity index (χ2v) is 16.3. The summed E-state index contributed by atoms with van der Waals surface area (Å²) in [5.41, 5.74) is 14.4. The molecule has 0 radical (unpaired) electrons. The van der Waals surface area contributed by atoms with Crippen molar-refractivity contribution in [1.29, 1.82) is 0 Å². The molecule has 2 saturated carbocycles. The van der Waals surface area contributed by atoms with Crippen molar-refractivity contribution in [3.8, 4) is 51.7 Å². The lowest BCUT2D eigenvalue weighted by Crippen LogP contribution is -2.31. The minimum absolute atomic E-state index is 0.0275. The van der Waals surface area contributed by atoms with Gasteiger partial charge in [-0.1, -0.05) is 37.0 Å². The van der Waals surface area contributed by atoms with Crippen molar-refractivity contribution >= 4 is 11.8 Å². The Morgan fingerprint density at radius 3 is 2.71 bits per heavy atom. The first-order valence-corrected chi connectivity index (χ1v) is 20.0. The summed E-state index contributed by atoms with van der Waals surface area (Å²) in [5, 5.41) is 25.8. The average molecular weight is 756 g/mol. The molecule has 2 aliphatic heterocycles. The lowest BCUT2D eigenvalue weighted by Gasteiger charge is -2.39. The lowest BCUT2D eigenvalue weighted by atomic mass is 9.65. The summed E-state index contributed by atoms with van der Waals surface area (Å²) in [5.74, 6) is 8.72. The molecule has 1 aromatic heterocycles. The van der Waals surface area contributed by atoms with Gasteiger partial charge in [-0.2, -0.15) is 0 Å². The van der Waals surface area contributed by atoms with Gasteiger partial charge in [0, 0.05) is 59.7 Å². The van der Waals surface area contributed by atoms with Crippen LogP contribution >= 0.6 is 0 Å². The number of benzene rings is 3. The number of carbonyl (C=O) groups is 1. The van der Waals surface area contributed by atoms with E-state index in [4.69, 9.17) is 29.7 Å². The Morgan fingerprint density at radius 2 is 1.89 bits per heavy atom. The van der Waals surface area contributed by atoms with Gasteiger partial charge in [-0.3, -0.25) is 4.79 Å². The van der Waals surface area contributed by atoms with Crippen LogP contribution in [0.4, 0.5) is 5.82 Å². The summed E-state index contributed by atoms with van der Waals surface area (Å²) in [6, 6.07) is 15.8. The lowest BCUT2D eigenvalue weighted by molar-refractivity contribution is -0.141. The Morgan fingerprint density at radius 1 is 1.04 bits per heavy atom. The summed E-state index contributed by atoms with van der Waals surface area (Å²) in [4.78, 5) is 17.1. The maximum atomic E-state index is 12.4. The van der Waals surface area contributed by atoms with Gasteiger partial charge in [-0.25, -0.2) is 4.98 Å². The number of aromatic hydroxyl groups is 2. The third-order valence-corrected chi connectivity index (χ3v) is 12.8. The number of aromatic nitrogens is 1. The first kappa shape index (κ1) is 36.3. The van der Waals surface area contributed by atoms with Crippen LogP contribution in [0.1, 0.15) is 103 Å². The number of phenolic OH excluding ortho intramolecular Hbond substituents is 2. The third kappa shape index (κ3) is 6.56. The van der Waals surface area contributed by atoms with Crippen LogP contribution < -0.4 is 25.3 Å². The van der Waals surface area contributed by atoms with Gasteiger partial charge >= 0.3 is 5.97 Å². The fraction of sp³-hybridized carbons (Fsp3) is 0.435. The number of esters is 1. The van der Waals surface area contributed by atoms with Gasteiger partial charge < -0.3 is 40.2 Å². The molecule has 290 valence electrons. The zero-order valence-corrected chi connectivity index (χ0v) is 32.1. The molecular formula is C46H49N3O7. The molecule has 1 spiro atoms. The highest BCUT2D eigenvalue weighted by molar-refractivity contribution is 5.84. The van der Waals surface area contributed by atoms with Gasteiger partial charge in [-0.15, -0.1) is 0 Å². The Bertz CT molecular complexity index is 2270. The second-order valence-electron chi connectivity index (χ2n) is 16.3. The van der Waals surface area contributed by atoms with E-state index in [-0.39, 0.29) is 35.4 Å². The monoisotopic (exact) mass is 755 g/mol. The fourth-order valence-corrected chi connectivity index (χ4v) is 10.3. The summed E-state index contributed by atoms with van der Waals surface area (Å²) < 4.78 is 25.3. The predicted molar refractivity (Wildman–Crippen MR) is 212 cm³/mol. The molecule has 4 aromatic rings. The number of anilines is 1. The predicted octanol–water partition coefficient (Wildman–Crippen LogP) is 7.19. The quantitative estimate of drug-likeness (QED) is 0.0829. The summed E-state index contributed by atoms with van der Waals surface area (Å²) in [6.07, 6.45) is 8.88. The van der Waals surface area contributed by atoms with Gasteiger partial charge in [0.1, 0.15) is 48.1 Å². The number of ether oxygens (including phenoxy) is 4. The Balaban J connectivity index is 1.21. The van der Waals surface area contributed by atoms with Gasteiger partial charge in [-0.05, 0) is 103 Å². The molecule has 56 heavy (non-hydrogen) atoms. The van der Waals surface area contributed by atoms with Crippen LogP contribution in [-0.4, -0.2) is 54.1 Å². The van der Waals surface area contributed by atoms with Crippen LogP contribution in [-0.2, 0) is 34.2 Å². The van der Waals surface area contributed by atoms with Crippen molar-refractivity contribution in [2.24, 2.45) is 5.92 Å². The Labute approximate surface area is 327 Å². The van der Waals surface area contributed by atoms with Crippen LogP contribution in [0.5, 0.6) is 28.7 Å². The number of pyridine rings is 1. The number of carbonyl (C=O) groups excluding carboxylic acids is 1. The van der Waals surface area contributed by atoms with E-state index >= 15 is 0 Å². The number of phenols is 2. The molecule has 0 unspecified atom stereocenters. The average Bonchev–Trinajstić information content (AvgIpc) is 3.93. The number of nitrogens with two attached hydrogens (primary N) is 1. The van der Waals surface area contributed by atoms with E-state index in [1.807, 2.05) is 18.2 Å². The van der Waals surface area contributed by atoms with Crippen LogP contribution in [0.2, 0.25) is 0 Å². The molecule has 4 atom stereocenters. The van der Waals surface area contributed by atoms with Crippen molar-refractivity contribution in [3.63, 3.8) is 0 Å². The van der Waals surface area contributed by atoms with E-state index in [1.54, 1.807) is 19.2 Å². The van der Waals surface area contributed by atoms with E-state index in [1.165, 1.54) is 32.6 Å². The molecule has 5 N–H and O–H groups in total. The maximum Gasteiger partial charge on any atom is 0.302 e. The molecule has 10 heteroatoms. The molecule has 3 aromatic carbocycles. The van der Waals surface area contributed by atoms with Crippen molar-refractivity contribution < 1.29 is 34.0 Å². The smallest absolute Gasteiger partial charge is 0.302 e. The van der Waals surface area contributed by atoms with E-state index < -0.39 is 6.10 Å². The van der Waals surface area contributed by atoms with Gasteiger partial charge in [0.25, 0.3) is 0 Å². The number of fused-ring (bicyclic) bond motifs is 7. The maximum absolute atomic E-state index is 12.4. The van der Waals surface area contributed by atoms with Crippen LogP contribution in [0, 0.1) is 17.8 Å². The zero-order valence-electron chi connectivity index (χ0n) is 32.1. The standard InChI is InChI=1S/C46H49N3O7/c1-26(50)55-25-36-33-11-12-34-42-30(19-32(51)21-40(42)53-2)24-46-15-14-27(23-46)18-29-10-13-41(47)49-37(29)9-5-6-28-20-38(52)39(54-17-16-48-31-7-3-4-8-31)22-35(28)44(36)56-45(33)43(34)46/h10-13,19-22,27,31,36,44,48,51-52H,3-4,6-8,14-18,23-25H2,1-2H3,(H2,47,49)/t27-,36-,44+,46-/m0/s1. The number of nitrogen functional groups attached to an aromatic ring is 1. The highest BCUT2D eigenvalue weighted by Crippen LogP contribution is 2.62. The minimum Gasteiger partial charge on any atom is -0.508 e. The number of nitrogens with one attached hydrogen (secondary N) is 1. The molecule has 0 saturated heterocycles. The largest absolute Gasteiger partial charge is 0.508 e. The molecule has 9 rings (SSSR count). The van der Waals surface area contributed by atoms with Crippen LogP contribution in [0.15, 0.2) is 48.5 Å². The SMILES string of the molecule is COc1cc(O)cc2c1-c1ccc3c4c1[C@]1(CC[C@@H](Cc5ccc(N)nc5C#CCc5cc(O)c(OCCNC6CCCC6)cc5[C@@H](O4)[C@H]3COC(C)=O)C1)C2. The highest BCUT2D eigenvalue weighted by Gasteiger charge is 2.51. The van der Waals surface area contributed by atoms with Gasteiger partial charge in [0.15, 0.2) is 11.5 Å². The van der Waals surface area contributed by atoms with Gasteiger partial charge in [0.05, 0.1) is 13.0 Å². The molecule has 3 heterocycles. The molecule has 2 fully saturated rings. The Hall–Kier alpha value is -5.40. The third-order valence-electron chi connectivity index (χ3n) is 12.8. The minimum atomic E-state index is -0.573. The molecule has 4 bridgehead atoms. The van der Waals surface area contributed by atoms with Crippen molar-refractivity contribution in [1.82, 2.24) is 10.3 Å².